The Labute approximate surface area is 167 Å². The lowest BCUT2D eigenvalue weighted by molar-refractivity contribution is -0.122. The van der Waals surface area contributed by atoms with Gasteiger partial charge in [0.05, 0.1) is 17.7 Å². The number of ether oxygens (including phenoxy) is 3. The Morgan fingerprint density at radius 3 is 2.71 bits per heavy atom. The monoisotopic (exact) mass is 396 g/mol. The van der Waals surface area contributed by atoms with E-state index < -0.39 is 0 Å². The van der Waals surface area contributed by atoms with Crippen molar-refractivity contribution in [2.75, 3.05) is 20.4 Å². The molecule has 6 nitrogen and oxygen atoms in total. The van der Waals surface area contributed by atoms with Crippen molar-refractivity contribution in [3.8, 4) is 17.2 Å². The summed E-state index contributed by atoms with van der Waals surface area (Å²) in [4.78, 5) is 20.0. The maximum absolute atomic E-state index is 12.9. The fraction of sp³-hybridized carbons (Fsp3) is 0.238. The molecule has 0 unspecified atom stereocenters. The van der Waals surface area contributed by atoms with Crippen molar-refractivity contribution < 1.29 is 19.0 Å². The first-order valence-electron chi connectivity index (χ1n) is 9.01. The van der Waals surface area contributed by atoms with Gasteiger partial charge in [0.25, 0.3) is 5.91 Å². The molecule has 1 saturated heterocycles. The Morgan fingerprint density at radius 1 is 1.18 bits per heavy atom. The van der Waals surface area contributed by atoms with E-state index in [1.165, 1.54) is 11.8 Å². The Hall–Kier alpha value is -2.93. The van der Waals surface area contributed by atoms with Gasteiger partial charge in [0.1, 0.15) is 5.75 Å². The number of rotatable bonds is 5. The third-order valence-corrected chi connectivity index (χ3v) is 5.33. The molecule has 144 valence electrons. The van der Waals surface area contributed by atoms with Crippen LogP contribution in [0.2, 0.25) is 0 Å². The fourth-order valence-corrected chi connectivity index (χ4v) is 3.96. The largest absolute Gasteiger partial charge is 0.497 e. The van der Waals surface area contributed by atoms with Gasteiger partial charge in [-0.05, 0) is 66.2 Å². The molecule has 0 saturated carbocycles. The van der Waals surface area contributed by atoms with Crippen LogP contribution in [0.25, 0.3) is 6.08 Å². The van der Waals surface area contributed by atoms with Gasteiger partial charge in [-0.25, -0.2) is 4.99 Å². The molecule has 2 aliphatic rings. The van der Waals surface area contributed by atoms with Crippen molar-refractivity contribution >= 4 is 34.6 Å². The van der Waals surface area contributed by atoms with Crippen LogP contribution in [0.3, 0.4) is 0 Å². The maximum Gasteiger partial charge on any atom is 0.266 e. The number of amides is 1. The van der Waals surface area contributed by atoms with E-state index in [0.717, 1.165) is 29.2 Å². The van der Waals surface area contributed by atoms with Crippen molar-refractivity contribution in [1.82, 2.24) is 4.90 Å². The minimum atomic E-state index is -0.0308. The summed E-state index contributed by atoms with van der Waals surface area (Å²) >= 11 is 1.38. The Kier molecular flexibility index (Phi) is 5.25. The van der Waals surface area contributed by atoms with Crippen LogP contribution >= 0.6 is 11.8 Å². The second-order valence-corrected chi connectivity index (χ2v) is 7.28. The van der Waals surface area contributed by atoms with E-state index in [9.17, 15) is 4.79 Å². The molecule has 0 aromatic heterocycles. The molecule has 2 aliphatic heterocycles. The summed E-state index contributed by atoms with van der Waals surface area (Å²) in [6, 6.07) is 13.1. The van der Waals surface area contributed by atoms with Crippen LogP contribution in [-0.2, 0) is 4.79 Å². The summed E-state index contributed by atoms with van der Waals surface area (Å²) in [5.41, 5.74) is 1.67. The van der Waals surface area contributed by atoms with Gasteiger partial charge in [0.2, 0.25) is 6.79 Å². The van der Waals surface area contributed by atoms with Gasteiger partial charge < -0.3 is 14.2 Å². The molecule has 0 aliphatic carbocycles. The highest BCUT2D eigenvalue weighted by molar-refractivity contribution is 8.18. The molecule has 1 amide bonds. The third-order valence-electron chi connectivity index (χ3n) is 4.33. The zero-order chi connectivity index (χ0) is 19.5. The normalized spacial score (nSPS) is 18.4. The first kappa shape index (κ1) is 18.4. The topological polar surface area (TPSA) is 60.4 Å². The van der Waals surface area contributed by atoms with Gasteiger partial charge in [0, 0.05) is 6.54 Å². The summed E-state index contributed by atoms with van der Waals surface area (Å²) in [5.74, 6) is 2.16. The molecule has 0 N–H and O–H groups in total. The number of hydrogen-bond donors (Lipinski definition) is 0. The fourth-order valence-electron chi connectivity index (χ4n) is 2.93. The lowest BCUT2D eigenvalue weighted by Crippen LogP contribution is -2.29. The lowest BCUT2D eigenvalue weighted by atomic mass is 10.2. The SMILES string of the molecule is CCCN1C(=O)/C(=C\c2ccc3c(c2)OCO3)SC1=Nc1ccc(OC)cc1. The van der Waals surface area contributed by atoms with E-state index in [4.69, 9.17) is 14.2 Å². The summed E-state index contributed by atoms with van der Waals surface area (Å²) < 4.78 is 15.9. The van der Waals surface area contributed by atoms with Crippen LogP contribution in [0.1, 0.15) is 18.9 Å². The predicted molar refractivity (Wildman–Crippen MR) is 110 cm³/mol. The summed E-state index contributed by atoms with van der Waals surface area (Å²) in [6.45, 7) is 2.90. The van der Waals surface area contributed by atoms with E-state index in [1.54, 1.807) is 12.0 Å². The van der Waals surface area contributed by atoms with Gasteiger partial charge in [-0.3, -0.25) is 9.69 Å². The number of nitrogens with zero attached hydrogens (tertiary/aromatic N) is 2. The number of fused-ring (bicyclic) bond motifs is 1. The molecule has 0 atom stereocenters. The third kappa shape index (κ3) is 3.71. The van der Waals surface area contributed by atoms with Crippen LogP contribution in [0, 0.1) is 0 Å². The number of benzene rings is 2. The molecule has 7 heteroatoms. The van der Waals surface area contributed by atoms with Crippen LogP contribution in [0.4, 0.5) is 5.69 Å². The first-order chi connectivity index (χ1) is 13.7. The van der Waals surface area contributed by atoms with Gasteiger partial charge in [-0.2, -0.15) is 0 Å². The second-order valence-electron chi connectivity index (χ2n) is 6.27. The number of carbonyl (C=O) groups excluding carboxylic acids is 1. The number of amidine groups is 1. The Morgan fingerprint density at radius 2 is 1.96 bits per heavy atom. The molecule has 0 radical (unpaired) electrons. The Balaban J connectivity index is 1.62. The van der Waals surface area contributed by atoms with Gasteiger partial charge in [0.15, 0.2) is 16.7 Å². The van der Waals surface area contributed by atoms with Gasteiger partial charge >= 0.3 is 0 Å². The molecule has 1 fully saturated rings. The zero-order valence-corrected chi connectivity index (χ0v) is 16.5. The average Bonchev–Trinajstić information content (AvgIpc) is 3.29. The molecular formula is C21H20N2O4S. The van der Waals surface area contributed by atoms with E-state index in [0.29, 0.717) is 22.4 Å². The van der Waals surface area contributed by atoms with Crippen LogP contribution in [-0.4, -0.2) is 36.4 Å². The summed E-state index contributed by atoms with van der Waals surface area (Å²) in [6.07, 6.45) is 2.72. The maximum atomic E-state index is 12.9. The first-order valence-corrected chi connectivity index (χ1v) is 9.83. The molecule has 0 bridgehead atoms. The van der Waals surface area contributed by atoms with Crippen LogP contribution < -0.4 is 14.2 Å². The molecule has 2 aromatic rings. The second kappa shape index (κ2) is 7.98. The van der Waals surface area contributed by atoms with Gasteiger partial charge in [-0.15, -0.1) is 0 Å². The van der Waals surface area contributed by atoms with Crippen LogP contribution in [0.15, 0.2) is 52.4 Å². The molecule has 2 heterocycles. The van der Waals surface area contributed by atoms with Crippen molar-refractivity contribution in [3.05, 3.63) is 52.9 Å². The van der Waals surface area contributed by atoms with Gasteiger partial charge in [-0.1, -0.05) is 13.0 Å². The molecule has 2 aromatic carbocycles. The summed E-state index contributed by atoms with van der Waals surface area (Å²) in [7, 11) is 1.63. The molecule has 4 rings (SSSR count). The number of thioether (sulfide) groups is 1. The minimum Gasteiger partial charge on any atom is -0.497 e. The molecular weight excluding hydrogens is 376 g/mol. The highest BCUT2D eigenvalue weighted by atomic mass is 32.2. The molecule has 28 heavy (non-hydrogen) atoms. The quantitative estimate of drug-likeness (QED) is 0.700. The molecule has 0 spiro atoms. The number of hydrogen-bond acceptors (Lipinski definition) is 6. The predicted octanol–water partition coefficient (Wildman–Crippen LogP) is 4.44. The van der Waals surface area contributed by atoms with Crippen molar-refractivity contribution in [1.29, 1.82) is 0 Å². The van der Waals surface area contributed by atoms with Crippen LogP contribution in [0.5, 0.6) is 17.2 Å². The van der Waals surface area contributed by atoms with E-state index in [1.807, 2.05) is 55.5 Å². The van der Waals surface area contributed by atoms with E-state index >= 15 is 0 Å². The highest BCUT2D eigenvalue weighted by Gasteiger charge is 2.32. The summed E-state index contributed by atoms with van der Waals surface area (Å²) in [5, 5.41) is 0.684. The number of aliphatic imine (C=N–C) groups is 1. The number of carbonyl (C=O) groups is 1. The van der Waals surface area contributed by atoms with Crippen molar-refractivity contribution in [2.45, 2.75) is 13.3 Å². The lowest BCUT2D eigenvalue weighted by Gasteiger charge is -2.14. The zero-order valence-electron chi connectivity index (χ0n) is 15.7. The highest BCUT2D eigenvalue weighted by Crippen LogP contribution is 2.37. The average molecular weight is 396 g/mol. The van der Waals surface area contributed by atoms with E-state index in [-0.39, 0.29) is 12.7 Å². The Bertz CT molecular complexity index is 953. The van der Waals surface area contributed by atoms with E-state index in [2.05, 4.69) is 4.99 Å². The smallest absolute Gasteiger partial charge is 0.266 e. The van der Waals surface area contributed by atoms with Crippen molar-refractivity contribution in [2.24, 2.45) is 4.99 Å². The van der Waals surface area contributed by atoms with Crippen molar-refractivity contribution in [3.63, 3.8) is 0 Å². The number of methoxy groups -OCH3 is 1. The standard InChI is InChI=1S/C21H20N2O4S/c1-3-10-23-20(24)19(12-14-4-9-17-18(11-14)27-13-26-17)28-21(23)22-15-5-7-16(25-2)8-6-15/h4-9,11-12H,3,10,13H2,1-2H3/b19-12+,22-21?. The minimum absolute atomic E-state index is 0.0308.